The largest absolute Gasteiger partial charge is 0.398 e. The molecule has 1 heterocycles. The Morgan fingerprint density at radius 1 is 1.27 bits per heavy atom. The zero-order valence-corrected chi connectivity index (χ0v) is 8.55. The van der Waals surface area contributed by atoms with E-state index in [9.17, 15) is 4.79 Å². The molecule has 2 aromatic rings. The predicted octanol–water partition coefficient (Wildman–Crippen LogP) is 0.817. The van der Waals surface area contributed by atoms with Crippen LogP contribution in [0, 0.1) is 0 Å². The molecular formula is C11H13N3O. The van der Waals surface area contributed by atoms with Crippen molar-refractivity contribution in [3.8, 4) is 0 Å². The molecule has 1 aromatic carbocycles. The fraction of sp³-hybridized carbons (Fsp3) is 0.182. The van der Waals surface area contributed by atoms with Crippen LogP contribution in [-0.2, 0) is 13.6 Å². The van der Waals surface area contributed by atoms with Gasteiger partial charge in [-0.3, -0.25) is 4.57 Å². The number of aryl methyl sites for hydroxylation is 1. The summed E-state index contributed by atoms with van der Waals surface area (Å²) in [6.45, 7) is 0.520. The van der Waals surface area contributed by atoms with Crippen molar-refractivity contribution in [3.63, 3.8) is 0 Å². The normalized spacial score (nSPS) is 10.5. The monoisotopic (exact) mass is 203 g/mol. The van der Waals surface area contributed by atoms with E-state index >= 15 is 0 Å². The van der Waals surface area contributed by atoms with E-state index in [4.69, 9.17) is 5.73 Å². The van der Waals surface area contributed by atoms with Gasteiger partial charge in [-0.05, 0) is 11.6 Å². The third-order valence-corrected chi connectivity index (χ3v) is 2.41. The molecule has 0 atom stereocenters. The maximum Gasteiger partial charge on any atom is 0.328 e. The quantitative estimate of drug-likeness (QED) is 0.734. The van der Waals surface area contributed by atoms with E-state index in [0.717, 1.165) is 5.56 Å². The summed E-state index contributed by atoms with van der Waals surface area (Å²) in [5.74, 6) is 0. The summed E-state index contributed by atoms with van der Waals surface area (Å²) in [5.41, 5.74) is 7.45. The lowest BCUT2D eigenvalue weighted by Crippen LogP contribution is -2.22. The van der Waals surface area contributed by atoms with E-state index in [2.05, 4.69) is 0 Å². The highest BCUT2D eigenvalue weighted by atomic mass is 16.1. The summed E-state index contributed by atoms with van der Waals surface area (Å²) < 4.78 is 3.17. The van der Waals surface area contributed by atoms with Crippen LogP contribution in [0.4, 0.5) is 5.69 Å². The van der Waals surface area contributed by atoms with E-state index in [1.807, 2.05) is 24.3 Å². The third kappa shape index (κ3) is 1.79. The summed E-state index contributed by atoms with van der Waals surface area (Å²) in [6, 6.07) is 7.56. The van der Waals surface area contributed by atoms with E-state index in [1.165, 1.54) is 0 Å². The molecule has 0 aliphatic heterocycles. The van der Waals surface area contributed by atoms with E-state index in [0.29, 0.717) is 12.2 Å². The van der Waals surface area contributed by atoms with Gasteiger partial charge in [0.05, 0.1) is 6.54 Å². The molecule has 0 spiro atoms. The van der Waals surface area contributed by atoms with Crippen LogP contribution >= 0.6 is 0 Å². The highest BCUT2D eigenvalue weighted by molar-refractivity contribution is 5.46. The van der Waals surface area contributed by atoms with Crippen molar-refractivity contribution in [2.45, 2.75) is 6.54 Å². The van der Waals surface area contributed by atoms with E-state index in [1.54, 1.807) is 28.6 Å². The molecule has 78 valence electrons. The summed E-state index contributed by atoms with van der Waals surface area (Å²) in [7, 11) is 1.73. The molecule has 0 aliphatic rings. The van der Waals surface area contributed by atoms with Crippen LogP contribution in [0.15, 0.2) is 41.5 Å². The number of aromatic nitrogens is 2. The Kier molecular flexibility index (Phi) is 2.33. The Balaban J connectivity index is 2.34. The average molecular weight is 203 g/mol. The lowest BCUT2D eigenvalue weighted by atomic mass is 10.2. The fourth-order valence-electron chi connectivity index (χ4n) is 1.49. The Morgan fingerprint density at radius 2 is 2.00 bits per heavy atom. The molecule has 0 bridgehead atoms. The van der Waals surface area contributed by atoms with E-state index < -0.39 is 0 Å². The number of imidazole rings is 1. The highest BCUT2D eigenvalue weighted by Gasteiger charge is 2.02. The second-order valence-electron chi connectivity index (χ2n) is 3.52. The first-order valence-electron chi connectivity index (χ1n) is 4.73. The molecule has 0 saturated carbocycles. The highest BCUT2D eigenvalue weighted by Crippen LogP contribution is 2.10. The summed E-state index contributed by atoms with van der Waals surface area (Å²) in [5, 5.41) is 0. The van der Waals surface area contributed by atoms with Gasteiger partial charge in [0.1, 0.15) is 0 Å². The van der Waals surface area contributed by atoms with Crippen molar-refractivity contribution >= 4 is 5.69 Å². The minimum absolute atomic E-state index is 0.0294. The van der Waals surface area contributed by atoms with Gasteiger partial charge in [0.15, 0.2) is 0 Å². The van der Waals surface area contributed by atoms with Crippen molar-refractivity contribution in [3.05, 3.63) is 52.7 Å². The lowest BCUT2D eigenvalue weighted by molar-refractivity contribution is 0.719. The number of hydrogen-bond acceptors (Lipinski definition) is 2. The van der Waals surface area contributed by atoms with Gasteiger partial charge in [-0.25, -0.2) is 4.79 Å². The summed E-state index contributed by atoms with van der Waals surface area (Å²) >= 11 is 0. The molecule has 15 heavy (non-hydrogen) atoms. The van der Waals surface area contributed by atoms with Crippen LogP contribution in [0.5, 0.6) is 0 Å². The second kappa shape index (κ2) is 3.65. The first-order chi connectivity index (χ1) is 7.18. The van der Waals surface area contributed by atoms with Crippen LogP contribution in [-0.4, -0.2) is 9.13 Å². The number of benzene rings is 1. The van der Waals surface area contributed by atoms with Crippen molar-refractivity contribution in [1.29, 1.82) is 0 Å². The topological polar surface area (TPSA) is 52.9 Å². The molecule has 2 N–H and O–H groups in total. The van der Waals surface area contributed by atoms with Crippen molar-refractivity contribution in [2.75, 3.05) is 5.73 Å². The van der Waals surface area contributed by atoms with Gasteiger partial charge < -0.3 is 10.3 Å². The van der Waals surface area contributed by atoms with E-state index in [-0.39, 0.29) is 5.69 Å². The summed E-state index contributed by atoms with van der Waals surface area (Å²) in [6.07, 6.45) is 3.50. The van der Waals surface area contributed by atoms with Gasteiger partial charge in [0, 0.05) is 25.1 Å². The number of nitrogen functional groups attached to an aromatic ring is 1. The number of nitrogens with two attached hydrogens (primary N) is 1. The van der Waals surface area contributed by atoms with Crippen molar-refractivity contribution < 1.29 is 0 Å². The number of hydrogen-bond donors (Lipinski definition) is 1. The van der Waals surface area contributed by atoms with Gasteiger partial charge >= 0.3 is 5.69 Å². The van der Waals surface area contributed by atoms with Gasteiger partial charge in [-0.1, -0.05) is 18.2 Å². The molecule has 4 heteroatoms. The number of nitrogens with zero attached hydrogens (tertiary/aromatic N) is 2. The Bertz CT molecular complexity index is 525. The number of rotatable bonds is 2. The summed E-state index contributed by atoms with van der Waals surface area (Å²) in [4.78, 5) is 11.6. The molecule has 0 unspecified atom stereocenters. The van der Waals surface area contributed by atoms with Crippen LogP contribution < -0.4 is 11.4 Å². The van der Waals surface area contributed by atoms with Gasteiger partial charge in [-0.2, -0.15) is 0 Å². The number of para-hydroxylation sites is 1. The zero-order chi connectivity index (χ0) is 10.8. The zero-order valence-electron chi connectivity index (χ0n) is 8.55. The van der Waals surface area contributed by atoms with Crippen molar-refractivity contribution in [2.24, 2.45) is 7.05 Å². The molecule has 0 aliphatic carbocycles. The first kappa shape index (κ1) is 9.58. The Labute approximate surface area is 87.6 Å². The van der Waals surface area contributed by atoms with Crippen LogP contribution in [0.2, 0.25) is 0 Å². The molecule has 0 amide bonds. The Hall–Kier alpha value is -1.97. The minimum Gasteiger partial charge on any atom is -0.398 e. The van der Waals surface area contributed by atoms with Crippen LogP contribution in [0.3, 0.4) is 0 Å². The molecule has 0 radical (unpaired) electrons. The fourth-order valence-corrected chi connectivity index (χ4v) is 1.49. The molecule has 0 saturated heterocycles. The maximum atomic E-state index is 11.6. The Morgan fingerprint density at radius 3 is 2.60 bits per heavy atom. The minimum atomic E-state index is -0.0294. The van der Waals surface area contributed by atoms with Gasteiger partial charge in [0.2, 0.25) is 0 Å². The molecule has 2 rings (SSSR count). The molecule has 0 fully saturated rings. The molecule has 4 nitrogen and oxygen atoms in total. The molecular weight excluding hydrogens is 190 g/mol. The molecule has 1 aromatic heterocycles. The standard InChI is InChI=1S/C11H13N3O/c1-13-6-7-14(11(13)15)8-9-4-2-3-5-10(9)12/h2-7H,8,12H2,1H3. The first-order valence-corrected chi connectivity index (χ1v) is 4.73. The van der Waals surface area contributed by atoms with Crippen LogP contribution in [0.25, 0.3) is 0 Å². The second-order valence-corrected chi connectivity index (χ2v) is 3.52. The number of anilines is 1. The van der Waals surface area contributed by atoms with Gasteiger partial charge in [-0.15, -0.1) is 0 Å². The van der Waals surface area contributed by atoms with Gasteiger partial charge in [0.25, 0.3) is 0 Å². The maximum absolute atomic E-state index is 11.6. The lowest BCUT2D eigenvalue weighted by Gasteiger charge is -2.04. The smallest absolute Gasteiger partial charge is 0.328 e. The predicted molar refractivity (Wildman–Crippen MR) is 59.6 cm³/mol. The van der Waals surface area contributed by atoms with Crippen molar-refractivity contribution in [1.82, 2.24) is 9.13 Å². The average Bonchev–Trinajstić information content (AvgIpc) is 2.53. The van der Waals surface area contributed by atoms with Crippen LogP contribution in [0.1, 0.15) is 5.56 Å². The SMILES string of the molecule is Cn1ccn(Cc2ccccc2N)c1=O. The third-order valence-electron chi connectivity index (χ3n) is 2.41.